The number of carbonyl (C=O) groups is 1. The number of anilines is 2. The maximum atomic E-state index is 11.7. The van der Waals surface area contributed by atoms with Gasteiger partial charge in [0.05, 0.1) is 28.1 Å². The summed E-state index contributed by atoms with van der Waals surface area (Å²) in [4.78, 5) is 16.1. The predicted molar refractivity (Wildman–Crippen MR) is 121 cm³/mol. The van der Waals surface area contributed by atoms with Gasteiger partial charge < -0.3 is 10.4 Å². The maximum absolute atomic E-state index is 11.7. The van der Waals surface area contributed by atoms with Crippen molar-refractivity contribution in [3.63, 3.8) is 0 Å². The summed E-state index contributed by atoms with van der Waals surface area (Å²) < 4.78 is 1.80. The zero-order valence-corrected chi connectivity index (χ0v) is 16.4. The average molecular weight is 406 g/mol. The van der Waals surface area contributed by atoms with Crippen LogP contribution < -0.4 is 5.32 Å². The lowest BCUT2D eigenvalue weighted by atomic mass is 10.1. The summed E-state index contributed by atoms with van der Waals surface area (Å²) in [6.45, 7) is 0. The molecule has 5 rings (SSSR count). The number of nitrogens with one attached hydrogen (secondary N) is 1. The lowest BCUT2D eigenvalue weighted by Gasteiger charge is -2.13. The van der Waals surface area contributed by atoms with Gasteiger partial charge in [-0.05, 0) is 24.3 Å². The Kier molecular flexibility index (Phi) is 4.65. The number of hydrogen-bond acceptors (Lipinski definition) is 4. The van der Waals surface area contributed by atoms with E-state index in [0.29, 0.717) is 11.5 Å². The Morgan fingerprint density at radius 3 is 2.45 bits per heavy atom. The third kappa shape index (κ3) is 3.51. The van der Waals surface area contributed by atoms with Crippen LogP contribution in [-0.2, 0) is 0 Å². The molecule has 0 atom stereocenters. The molecule has 0 aliphatic carbocycles. The van der Waals surface area contributed by atoms with Crippen LogP contribution in [0.5, 0.6) is 0 Å². The minimum absolute atomic E-state index is 0.191. The lowest BCUT2D eigenvalue weighted by Crippen LogP contribution is -2.07. The molecular weight excluding hydrogens is 388 g/mol. The van der Waals surface area contributed by atoms with E-state index in [9.17, 15) is 9.90 Å². The first-order valence-electron chi connectivity index (χ1n) is 9.80. The number of fused-ring (bicyclic) bond motifs is 1. The molecule has 150 valence electrons. The van der Waals surface area contributed by atoms with E-state index in [4.69, 9.17) is 5.10 Å². The number of rotatable bonds is 5. The van der Waals surface area contributed by atoms with Gasteiger partial charge in [0, 0.05) is 23.2 Å². The van der Waals surface area contributed by atoms with Gasteiger partial charge in [-0.3, -0.25) is 4.98 Å². The number of hydrogen-bond donors (Lipinski definition) is 2. The molecule has 6 heteroatoms. The number of benzene rings is 3. The van der Waals surface area contributed by atoms with Gasteiger partial charge in [0.25, 0.3) is 0 Å². The van der Waals surface area contributed by atoms with Crippen molar-refractivity contribution < 1.29 is 9.90 Å². The molecule has 0 radical (unpaired) electrons. The zero-order chi connectivity index (χ0) is 21.2. The topological polar surface area (TPSA) is 80.0 Å². The summed E-state index contributed by atoms with van der Waals surface area (Å²) in [5, 5.41) is 18.7. The second kappa shape index (κ2) is 7.76. The van der Waals surface area contributed by atoms with Gasteiger partial charge >= 0.3 is 5.97 Å². The molecule has 2 N–H and O–H groups in total. The summed E-state index contributed by atoms with van der Waals surface area (Å²) in [5.41, 5.74) is 4.13. The Balaban J connectivity index is 1.70. The van der Waals surface area contributed by atoms with Gasteiger partial charge in [0.2, 0.25) is 0 Å². The SMILES string of the molecule is O=C(O)c1ccccc1Nc1cc(-c2ccccc2)nn1-c1ccnc2ccccc12. The van der Waals surface area contributed by atoms with E-state index in [2.05, 4.69) is 10.3 Å². The summed E-state index contributed by atoms with van der Waals surface area (Å²) >= 11 is 0. The number of aromatic nitrogens is 3. The van der Waals surface area contributed by atoms with Gasteiger partial charge in [0.15, 0.2) is 0 Å². The van der Waals surface area contributed by atoms with Crippen molar-refractivity contribution in [2.75, 3.05) is 5.32 Å². The van der Waals surface area contributed by atoms with E-state index >= 15 is 0 Å². The van der Waals surface area contributed by atoms with E-state index < -0.39 is 5.97 Å². The van der Waals surface area contributed by atoms with Crippen molar-refractivity contribution in [3.8, 4) is 16.9 Å². The highest BCUT2D eigenvalue weighted by molar-refractivity contribution is 5.95. The number of carboxylic acids is 1. The predicted octanol–water partition coefficient (Wildman–Crippen LogP) is 5.53. The highest BCUT2D eigenvalue weighted by atomic mass is 16.4. The molecule has 0 fully saturated rings. The highest BCUT2D eigenvalue weighted by Crippen LogP contribution is 2.30. The van der Waals surface area contributed by atoms with Crippen LogP contribution in [0.1, 0.15) is 10.4 Å². The molecule has 0 unspecified atom stereocenters. The first kappa shape index (κ1) is 18.6. The number of carboxylic acid groups (broad SMARTS) is 1. The van der Waals surface area contributed by atoms with E-state index in [1.54, 1.807) is 35.1 Å². The molecule has 0 saturated heterocycles. The first-order valence-corrected chi connectivity index (χ1v) is 9.80. The molecule has 31 heavy (non-hydrogen) atoms. The Bertz CT molecular complexity index is 1390. The Morgan fingerprint density at radius 2 is 1.61 bits per heavy atom. The molecule has 2 heterocycles. The molecule has 0 amide bonds. The van der Waals surface area contributed by atoms with Crippen LogP contribution in [0.15, 0.2) is 97.2 Å². The second-order valence-electron chi connectivity index (χ2n) is 7.02. The zero-order valence-electron chi connectivity index (χ0n) is 16.4. The smallest absolute Gasteiger partial charge is 0.337 e. The van der Waals surface area contributed by atoms with Crippen molar-refractivity contribution in [1.29, 1.82) is 0 Å². The fourth-order valence-electron chi connectivity index (χ4n) is 3.59. The number of aromatic carboxylic acids is 1. The maximum Gasteiger partial charge on any atom is 0.337 e. The molecule has 0 saturated carbocycles. The van der Waals surface area contributed by atoms with Crippen LogP contribution in [-0.4, -0.2) is 25.8 Å². The van der Waals surface area contributed by atoms with Crippen LogP contribution in [0.3, 0.4) is 0 Å². The highest BCUT2D eigenvalue weighted by Gasteiger charge is 2.16. The van der Waals surface area contributed by atoms with Crippen LogP contribution in [0.4, 0.5) is 11.5 Å². The van der Waals surface area contributed by atoms with Crippen LogP contribution >= 0.6 is 0 Å². The standard InChI is InChI=1S/C25H18N4O2/c30-25(31)19-11-5-7-13-21(19)27-24-16-22(17-8-2-1-3-9-17)28-29(24)23-14-15-26-20-12-6-4-10-18(20)23/h1-16,27H,(H,30,31). The molecule has 3 aromatic carbocycles. The van der Waals surface area contributed by atoms with Crippen molar-refractivity contribution in [2.45, 2.75) is 0 Å². The lowest BCUT2D eigenvalue weighted by molar-refractivity contribution is 0.0698. The van der Waals surface area contributed by atoms with E-state index in [-0.39, 0.29) is 5.56 Å². The molecule has 5 aromatic rings. The molecule has 0 bridgehead atoms. The van der Waals surface area contributed by atoms with E-state index in [0.717, 1.165) is 27.8 Å². The van der Waals surface area contributed by atoms with Crippen LogP contribution in [0.25, 0.3) is 27.8 Å². The molecular formula is C25H18N4O2. The summed E-state index contributed by atoms with van der Waals surface area (Å²) in [5.74, 6) is -0.337. The third-order valence-corrected chi connectivity index (χ3v) is 5.05. The quantitative estimate of drug-likeness (QED) is 0.401. The van der Waals surface area contributed by atoms with E-state index in [1.807, 2.05) is 66.7 Å². The van der Waals surface area contributed by atoms with Gasteiger partial charge in [-0.2, -0.15) is 5.10 Å². The fourth-order valence-corrected chi connectivity index (χ4v) is 3.59. The van der Waals surface area contributed by atoms with Crippen molar-refractivity contribution in [3.05, 3.63) is 103 Å². The Morgan fingerprint density at radius 1 is 0.871 bits per heavy atom. The summed E-state index contributed by atoms with van der Waals surface area (Å²) in [6, 6.07) is 28.4. The van der Waals surface area contributed by atoms with Gasteiger partial charge in [-0.15, -0.1) is 0 Å². The van der Waals surface area contributed by atoms with E-state index in [1.165, 1.54) is 0 Å². The number of pyridine rings is 1. The fraction of sp³-hybridized carbons (Fsp3) is 0. The van der Waals surface area contributed by atoms with Crippen LogP contribution in [0, 0.1) is 0 Å². The summed E-state index contributed by atoms with van der Waals surface area (Å²) in [7, 11) is 0. The molecule has 6 nitrogen and oxygen atoms in total. The van der Waals surface area contributed by atoms with Gasteiger partial charge in [0.1, 0.15) is 5.82 Å². The van der Waals surface area contributed by atoms with Crippen LogP contribution in [0.2, 0.25) is 0 Å². The monoisotopic (exact) mass is 406 g/mol. The second-order valence-corrected chi connectivity index (χ2v) is 7.02. The number of nitrogens with zero attached hydrogens (tertiary/aromatic N) is 3. The summed E-state index contributed by atoms with van der Waals surface area (Å²) in [6.07, 6.45) is 1.75. The minimum atomic E-state index is -0.994. The third-order valence-electron chi connectivity index (χ3n) is 5.05. The van der Waals surface area contributed by atoms with Gasteiger partial charge in [-0.1, -0.05) is 60.7 Å². The number of para-hydroxylation sites is 2. The first-order chi connectivity index (χ1) is 15.2. The molecule has 0 aliphatic heterocycles. The van der Waals surface area contributed by atoms with Gasteiger partial charge in [-0.25, -0.2) is 9.48 Å². The van der Waals surface area contributed by atoms with Crippen molar-refractivity contribution in [2.24, 2.45) is 0 Å². The normalized spacial score (nSPS) is 10.8. The van der Waals surface area contributed by atoms with Crippen molar-refractivity contribution >= 4 is 28.4 Å². The van der Waals surface area contributed by atoms with Crippen molar-refractivity contribution in [1.82, 2.24) is 14.8 Å². The Labute approximate surface area is 178 Å². The molecule has 0 aliphatic rings. The minimum Gasteiger partial charge on any atom is -0.478 e. The Hall–Kier alpha value is -4.45. The average Bonchev–Trinajstić information content (AvgIpc) is 3.23. The molecule has 0 spiro atoms. The molecule has 2 aromatic heterocycles. The largest absolute Gasteiger partial charge is 0.478 e.